The van der Waals surface area contributed by atoms with Gasteiger partial charge in [-0.1, -0.05) is 61.5 Å². The van der Waals surface area contributed by atoms with Crippen molar-refractivity contribution >= 4 is 16.6 Å². The monoisotopic (exact) mass is 263 g/mol. The van der Waals surface area contributed by atoms with Crippen molar-refractivity contribution in [3.8, 4) is 0 Å². The Morgan fingerprint density at radius 2 is 1.75 bits per heavy atom. The maximum absolute atomic E-state index is 4.26. The van der Waals surface area contributed by atoms with Crippen LogP contribution in [0.1, 0.15) is 24.9 Å². The Balaban J connectivity index is 1.96. The highest BCUT2D eigenvalue weighted by atomic mass is 15.2. The van der Waals surface area contributed by atoms with Gasteiger partial charge in [0.25, 0.3) is 0 Å². The molecule has 2 aromatic carbocycles. The molecule has 1 heterocycles. The smallest absolute Gasteiger partial charge is 0.157 e. The van der Waals surface area contributed by atoms with Gasteiger partial charge in [0, 0.05) is 10.8 Å². The van der Waals surface area contributed by atoms with Crippen LogP contribution < -0.4 is 5.32 Å². The topological polar surface area (TPSA) is 37.8 Å². The molecule has 1 N–H and O–H groups in total. The van der Waals surface area contributed by atoms with Gasteiger partial charge in [-0.2, -0.15) is 5.10 Å². The summed E-state index contributed by atoms with van der Waals surface area (Å²) in [6, 6.07) is 18.9. The highest BCUT2D eigenvalue weighted by Crippen LogP contribution is 2.25. The van der Waals surface area contributed by atoms with Crippen LogP contribution >= 0.6 is 0 Å². The average Bonchev–Trinajstić information content (AvgIpc) is 2.53. The summed E-state index contributed by atoms with van der Waals surface area (Å²) in [4.78, 5) is 0. The van der Waals surface area contributed by atoms with E-state index in [-0.39, 0.29) is 6.04 Å². The maximum Gasteiger partial charge on any atom is 0.157 e. The molecule has 100 valence electrons. The van der Waals surface area contributed by atoms with E-state index in [1.165, 1.54) is 5.56 Å². The normalized spacial score (nSPS) is 12.2. The fraction of sp³-hybridized carbons (Fsp3) is 0.176. The summed E-state index contributed by atoms with van der Waals surface area (Å²) in [6.07, 6.45) is 2.79. The van der Waals surface area contributed by atoms with Crippen LogP contribution in [0.15, 0.2) is 60.8 Å². The summed E-state index contributed by atoms with van der Waals surface area (Å²) >= 11 is 0. The molecule has 0 amide bonds. The number of nitrogens with zero attached hydrogens (tertiary/aromatic N) is 2. The van der Waals surface area contributed by atoms with Gasteiger partial charge < -0.3 is 5.32 Å². The SMILES string of the molecule is CCC(Nc1nncc2ccccc12)c1ccccc1. The zero-order valence-electron chi connectivity index (χ0n) is 11.5. The highest BCUT2D eigenvalue weighted by molar-refractivity contribution is 5.90. The minimum atomic E-state index is 0.247. The van der Waals surface area contributed by atoms with Crippen molar-refractivity contribution < 1.29 is 0 Å². The minimum Gasteiger partial charge on any atom is -0.361 e. The molecule has 0 aliphatic rings. The summed E-state index contributed by atoms with van der Waals surface area (Å²) in [7, 11) is 0. The second-order valence-electron chi connectivity index (χ2n) is 4.80. The first kappa shape index (κ1) is 12.6. The minimum absolute atomic E-state index is 0.247. The summed E-state index contributed by atoms with van der Waals surface area (Å²) in [5, 5.41) is 14.1. The molecule has 1 aromatic heterocycles. The van der Waals surface area contributed by atoms with E-state index >= 15 is 0 Å². The molecule has 0 aliphatic heterocycles. The second kappa shape index (κ2) is 5.70. The predicted molar refractivity (Wildman–Crippen MR) is 82.6 cm³/mol. The van der Waals surface area contributed by atoms with Crippen LogP contribution in [0.4, 0.5) is 5.82 Å². The van der Waals surface area contributed by atoms with Gasteiger partial charge in [-0.15, -0.1) is 5.10 Å². The van der Waals surface area contributed by atoms with Gasteiger partial charge in [-0.25, -0.2) is 0 Å². The molecule has 1 atom stereocenters. The molecule has 0 saturated carbocycles. The Hall–Kier alpha value is -2.42. The van der Waals surface area contributed by atoms with Crippen LogP contribution in [-0.2, 0) is 0 Å². The van der Waals surface area contributed by atoms with E-state index < -0.39 is 0 Å². The predicted octanol–water partition coefficient (Wildman–Crippen LogP) is 4.19. The summed E-state index contributed by atoms with van der Waals surface area (Å²) in [6.45, 7) is 2.17. The van der Waals surface area contributed by atoms with Gasteiger partial charge in [-0.3, -0.25) is 0 Å². The quantitative estimate of drug-likeness (QED) is 0.766. The lowest BCUT2D eigenvalue weighted by atomic mass is 10.0. The van der Waals surface area contributed by atoms with Crippen LogP contribution in [0.25, 0.3) is 10.8 Å². The van der Waals surface area contributed by atoms with E-state index in [1.54, 1.807) is 6.20 Å². The van der Waals surface area contributed by atoms with Gasteiger partial charge in [0.1, 0.15) is 0 Å². The fourth-order valence-electron chi connectivity index (χ4n) is 2.41. The maximum atomic E-state index is 4.26. The Kier molecular flexibility index (Phi) is 3.59. The molecule has 0 radical (unpaired) electrons. The molecule has 1 unspecified atom stereocenters. The first-order valence-corrected chi connectivity index (χ1v) is 6.90. The third kappa shape index (κ3) is 2.48. The average molecular weight is 263 g/mol. The van der Waals surface area contributed by atoms with Crippen LogP contribution in [0.2, 0.25) is 0 Å². The van der Waals surface area contributed by atoms with E-state index in [9.17, 15) is 0 Å². The fourth-order valence-corrected chi connectivity index (χ4v) is 2.41. The number of hydrogen-bond acceptors (Lipinski definition) is 3. The Bertz CT molecular complexity index is 689. The molecule has 0 saturated heterocycles. The molecular formula is C17H17N3. The van der Waals surface area contributed by atoms with Crippen LogP contribution in [0, 0.1) is 0 Å². The van der Waals surface area contributed by atoms with Crippen molar-refractivity contribution in [1.29, 1.82) is 0 Å². The number of aromatic nitrogens is 2. The van der Waals surface area contributed by atoms with Crippen molar-refractivity contribution in [1.82, 2.24) is 10.2 Å². The first-order chi connectivity index (χ1) is 9.88. The molecule has 0 fully saturated rings. The third-order valence-corrected chi connectivity index (χ3v) is 3.49. The zero-order valence-corrected chi connectivity index (χ0v) is 11.5. The number of hydrogen-bond donors (Lipinski definition) is 1. The molecule has 3 heteroatoms. The van der Waals surface area contributed by atoms with Crippen molar-refractivity contribution in [3.63, 3.8) is 0 Å². The van der Waals surface area contributed by atoms with Gasteiger partial charge >= 0.3 is 0 Å². The van der Waals surface area contributed by atoms with Gasteiger partial charge in [0.15, 0.2) is 5.82 Å². The highest BCUT2D eigenvalue weighted by Gasteiger charge is 2.11. The Morgan fingerprint density at radius 3 is 2.55 bits per heavy atom. The van der Waals surface area contributed by atoms with Gasteiger partial charge in [0.05, 0.1) is 12.2 Å². The summed E-state index contributed by atoms with van der Waals surface area (Å²) < 4.78 is 0. The number of benzene rings is 2. The largest absolute Gasteiger partial charge is 0.361 e. The summed E-state index contributed by atoms with van der Waals surface area (Å²) in [5.74, 6) is 0.846. The standard InChI is InChI=1S/C17H17N3/c1-2-16(13-8-4-3-5-9-13)19-17-15-11-7-6-10-14(15)12-18-20-17/h3-12,16H,2H2,1H3,(H,19,20). The van der Waals surface area contributed by atoms with Crippen molar-refractivity contribution in [2.75, 3.05) is 5.32 Å². The van der Waals surface area contributed by atoms with E-state index in [0.717, 1.165) is 23.0 Å². The molecule has 3 nitrogen and oxygen atoms in total. The van der Waals surface area contributed by atoms with Gasteiger partial charge in [-0.05, 0) is 12.0 Å². The second-order valence-corrected chi connectivity index (χ2v) is 4.80. The molecular weight excluding hydrogens is 246 g/mol. The number of rotatable bonds is 4. The van der Waals surface area contributed by atoms with E-state index in [0.29, 0.717) is 0 Å². The van der Waals surface area contributed by atoms with Crippen molar-refractivity contribution in [3.05, 3.63) is 66.4 Å². The lowest BCUT2D eigenvalue weighted by Crippen LogP contribution is -2.11. The third-order valence-electron chi connectivity index (χ3n) is 3.49. The molecule has 0 spiro atoms. The molecule has 3 aromatic rings. The lowest BCUT2D eigenvalue weighted by Gasteiger charge is -2.18. The zero-order chi connectivity index (χ0) is 13.8. The summed E-state index contributed by atoms with van der Waals surface area (Å²) in [5.41, 5.74) is 1.27. The Labute approximate surface area is 118 Å². The van der Waals surface area contributed by atoms with Crippen LogP contribution in [-0.4, -0.2) is 10.2 Å². The number of fused-ring (bicyclic) bond motifs is 1. The molecule has 3 rings (SSSR count). The van der Waals surface area contributed by atoms with Crippen LogP contribution in [0.3, 0.4) is 0 Å². The number of anilines is 1. The van der Waals surface area contributed by atoms with Gasteiger partial charge in [0.2, 0.25) is 0 Å². The molecule has 0 aliphatic carbocycles. The Morgan fingerprint density at radius 1 is 1.00 bits per heavy atom. The van der Waals surface area contributed by atoms with Crippen molar-refractivity contribution in [2.45, 2.75) is 19.4 Å². The first-order valence-electron chi connectivity index (χ1n) is 6.90. The van der Waals surface area contributed by atoms with Crippen LogP contribution in [0.5, 0.6) is 0 Å². The molecule has 20 heavy (non-hydrogen) atoms. The van der Waals surface area contributed by atoms with Crippen molar-refractivity contribution in [2.24, 2.45) is 0 Å². The lowest BCUT2D eigenvalue weighted by molar-refractivity contribution is 0.742. The van der Waals surface area contributed by atoms with E-state index in [1.807, 2.05) is 18.2 Å². The number of nitrogens with one attached hydrogen (secondary N) is 1. The molecule has 0 bridgehead atoms. The van der Waals surface area contributed by atoms with E-state index in [4.69, 9.17) is 0 Å². The van der Waals surface area contributed by atoms with E-state index in [2.05, 4.69) is 58.8 Å².